The zero-order chi connectivity index (χ0) is 28.5. The average molecular weight is 536 g/mol. The van der Waals surface area contributed by atoms with Crippen molar-refractivity contribution in [2.45, 2.75) is 33.0 Å². The predicted octanol–water partition coefficient (Wildman–Crippen LogP) is 7.60. The predicted molar refractivity (Wildman–Crippen MR) is 160 cm³/mol. The number of fused-ring (bicyclic) bond motifs is 1. The summed E-state index contributed by atoms with van der Waals surface area (Å²) >= 11 is 0. The summed E-state index contributed by atoms with van der Waals surface area (Å²) in [7, 11) is 1.93. The van der Waals surface area contributed by atoms with Crippen molar-refractivity contribution < 1.29 is 13.9 Å². The molecule has 0 bridgehead atoms. The van der Waals surface area contributed by atoms with E-state index in [9.17, 15) is 9.18 Å². The van der Waals surface area contributed by atoms with Gasteiger partial charge < -0.3 is 10.5 Å². The molecule has 2 N–H and O–H groups in total. The van der Waals surface area contributed by atoms with Crippen molar-refractivity contribution in [2.75, 3.05) is 12.8 Å². The van der Waals surface area contributed by atoms with Crippen molar-refractivity contribution in [3.63, 3.8) is 0 Å². The zero-order valence-corrected chi connectivity index (χ0v) is 23.1. The van der Waals surface area contributed by atoms with Crippen LogP contribution in [0.4, 0.5) is 10.1 Å². The SMILES string of the molecule is CC.CN(Cc1ccc(F)cc1)Cc1c(C=O)c(OC(c2ccccc2)c2ccccc2)c2ncccc2c1N. The molecule has 0 amide bonds. The number of nitrogen functional groups attached to an aromatic ring is 1. The van der Waals surface area contributed by atoms with Crippen molar-refractivity contribution in [1.82, 2.24) is 9.88 Å². The second kappa shape index (κ2) is 13.5. The van der Waals surface area contributed by atoms with Crippen LogP contribution in [-0.4, -0.2) is 23.2 Å². The molecule has 4 aromatic carbocycles. The Labute approximate surface area is 235 Å². The summed E-state index contributed by atoms with van der Waals surface area (Å²) in [5, 5.41) is 0.721. The summed E-state index contributed by atoms with van der Waals surface area (Å²) in [5.41, 5.74) is 11.6. The Hall–Kier alpha value is -4.55. The number of nitrogens with zero attached hydrogens (tertiary/aromatic N) is 2. The Balaban J connectivity index is 0.00000181. The highest BCUT2D eigenvalue weighted by Gasteiger charge is 2.25. The molecule has 0 aliphatic heterocycles. The molecule has 5 rings (SSSR count). The van der Waals surface area contributed by atoms with Gasteiger partial charge in [0.1, 0.15) is 17.4 Å². The normalized spacial score (nSPS) is 10.8. The summed E-state index contributed by atoms with van der Waals surface area (Å²) in [4.78, 5) is 19.3. The molecular formula is C34H34FN3O2. The highest BCUT2D eigenvalue weighted by Crippen LogP contribution is 2.40. The first-order valence-electron chi connectivity index (χ1n) is 13.4. The molecule has 0 aliphatic carbocycles. The second-order valence-corrected chi connectivity index (χ2v) is 9.27. The first kappa shape index (κ1) is 28.5. The fourth-order valence-electron chi connectivity index (χ4n) is 4.72. The molecule has 40 heavy (non-hydrogen) atoms. The van der Waals surface area contributed by atoms with Crippen LogP contribution in [0.15, 0.2) is 103 Å². The monoisotopic (exact) mass is 535 g/mol. The number of carbonyl (C=O) groups excluding carboxylic acids is 1. The Bertz CT molecular complexity index is 1500. The molecule has 0 unspecified atom stereocenters. The molecule has 0 saturated carbocycles. The van der Waals surface area contributed by atoms with Gasteiger partial charge in [-0.3, -0.25) is 14.7 Å². The second-order valence-electron chi connectivity index (χ2n) is 9.27. The molecular weight excluding hydrogens is 501 g/mol. The van der Waals surface area contributed by atoms with E-state index in [4.69, 9.17) is 10.5 Å². The Morgan fingerprint density at radius 3 is 2.05 bits per heavy atom. The van der Waals surface area contributed by atoms with Crippen LogP contribution in [-0.2, 0) is 13.1 Å². The maximum Gasteiger partial charge on any atom is 0.157 e. The number of pyridine rings is 1. The fraction of sp³-hybridized carbons (Fsp3) is 0.176. The van der Waals surface area contributed by atoms with Gasteiger partial charge >= 0.3 is 0 Å². The van der Waals surface area contributed by atoms with Gasteiger partial charge in [-0.1, -0.05) is 86.6 Å². The number of rotatable bonds is 9. The van der Waals surface area contributed by atoms with E-state index in [-0.39, 0.29) is 5.82 Å². The number of aromatic nitrogens is 1. The molecule has 5 nitrogen and oxygen atoms in total. The number of hydrogen-bond donors (Lipinski definition) is 1. The maximum absolute atomic E-state index is 13.4. The van der Waals surface area contributed by atoms with E-state index >= 15 is 0 Å². The third kappa shape index (κ3) is 6.35. The smallest absolute Gasteiger partial charge is 0.157 e. The molecule has 0 radical (unpaired) electrons. The van der Waals surface area contributed by atoms with Gasteiger partial charge in [0.25, 0.3) is 0 Å². The van der Waals surface area contributed by atoms with E-state index in [0.29, 0.717) is 41.2 Å². The first-order chi connectivity index (χ1) is 19.5. The highest BCUT2D eigenvalue weighted by molar-refractivity contribution is 6.03. The number of ether oxygens (including phenoxy) is 1. The highest BCUT2D eigenvalue weighted by atomic mass is 19.1. The van der Waals surface area contributed by atoms with Crippen molar-refractivity contribution >= 4 is 22.9 Å². The molecule has 5 aromatic rings. The lowest BCUT2D eigenvalue weighted by Crippen LogP contribution is -2.20. The van der Waals surface area contributed by atoms with Crippen LogP contribution < -0.4 is 10.5 Å². The van der Waals surface area contributed by atoms with E-state index in [2.05, 4.69) is 4.98 Å². The van der Waals surface area contributed by atoms with Gasteiger partial charge in [0, 0.05) is 35.9 Å². The van der Waals surface area contributed by atoms with Crippen LogP contribution in [0, 0.1) is 5.82 Å². The summed E-state index contributed by atoms with van der Waals surface area (Å²) in [6.45, 7) is 4.94. The number of carbonyl (C=O) groups is 1. The van der Waals surface area contributed by atoms with E-state index in [1.807, 2.05) is 98.6 Å². The van der Waals surface area contributed by atoms with Crippen molar-refractivity contribution in [3.8, 4) is 5.75 Å². The van der Waals surface area contributed by atoms with Gasteiger partial charge in [0.05, 0.1) is 5.56 Å². The van der Waals surface area contributed by atoms with Crippen LogP contribution in [0.1, 0.15) is 52.6 Å². The quantitative estimate of drug-likeness (QED) is 0.156. The van der Waals surface area contributed by atoms with Crippen LogP contribution >= 0.6 is 0 Å². The van der Waals surface area contributed by atoms with E-state index in [1.54, 1.807) is 18.3 Å². The van der Waals surface area contributed by atoms with Gasteiger partial charge in [-0.15, -0.1) is 0 Å². The molecule has 0 fully saturated rings. The van der Waals surface area contributed by atoms with Gasteiger partial charge in [0.2, 0.25) is 0 Å². The van der Waals surface area contributed by atoms with E-state index < -0.39 is 6.10 Å². The Kier molecular flexibility index (Phi) is 9.60. The number of nitrogens with two attached hydrogens (primary N) is 1. The van der Waals surface area contributed by atoms with Crippen molar-refractivity contribution in [3.05, 3.63) is 137 Å². The summed E-state index contributed by atoms with van der Waals surface area (Å²) in [6, 6.07) is 29.9. The molecule has 6 heteroatoms. The lowest BCUT2D eigenvalue weighted by atomic mass is 9.98. The zero-order valence-electron chi connectivity index (χ0n) is 23.1. The van der Waals surface area contributed by atoms with Gasteiger partial charge in [-0.05, 0) is 48.0 Å². The standard InChI is InChI=1S/C32H28FN3O2.C2H6/c1-36(19-22-14-16-25(33)17-15-22)20-27-28(21-37)32(30-26(29(27)34)13-8-18-35-30)38-31(23-9-4-2-5-10-23)24-11-6-3-7-12-24;1-2/h2-18,21,31H,19-20,34H2,1H3;1-2H3. The lowest BCUT2D eigenvalue weighted by Gasteiger charge is -2.25. The van der Waals surface area contributed by atoms with Gasteiger partial charge in [-0.25, -0.2) is 4.39 Å². The Morgan fingerprint density at radius 1 is 0.875 bits per heavy atom. The number of anilines is 1. The molecule has 0 spiro atoms. The van der Waals surface area contributed by atoms with Crippen molar-refractivity contribution in [2.24, 2.45) is 0 Å². The summed E-state index contributed by atoms with van der Waals surface area (Å²) in [5.74, 6) is 0.117. The number of hydrogen-bond acceptors (Lipinski definition) is 5. The third-order valence-electron chi connectivity index (χ3n) is 6.56. The summed E-state index contributed by atoms with van der Waals surface area (Å²) in [6.07, 6.45) is 2.01. The number of halogens is 1. The minimum absolute atomic E-state index is 0.279. The van der Waals surface area contributed by atoms with Gasteiger partial charge in [-0.2, -0.15) is 0 Å². The van der Waals surface area contributed by atoms with Crippen LogP contribution in [0.25, 0.3) is 10.9 Å². The van der Waals surface area contributed by atoms with Crippen LogP contribution in [0.3, 0.4) is 0 Å². The average Bonchev–Trinajstić information content (AvgIpc) is 3.01. The largest absolute Gasteiger partial charge is 0.478 e. The topological polar surface area (TPSA) is 68.5 Å². The number of aldehydes is 1. The van der Waals surface area contributed by atoms with E-state index in [1.165, 1.54) is 12.1 Å². The minimum atomic E-state index is -0.463. The van der Waals surface area contributed by atoms with E-state index in [0.717, 1.165) is 28.4 Å². The molecule has 204 valence electrons. The lowest BCUT2D eigenvalue weighted by molar-refractivity contribution is 0.111. The molecule has 0 atom stereocenters. The minimum Gasteiger partial charge on any atom is -0.478 e. The fourth-order valence-corrected chi connectivity index (χ4v) is 4.72. The van der Waals surface area contributed by atoms with Crippen molar-refractivity contribution in [1.29, 1.82) is 0 Å². The first-order valence-corrected chi connectivity index (χ1v) is 13.4. The molecule has 0 saturated heterocycles. The maximum atomic E-state index is 13.4. The number of benzene rings is 4. The molecule has 0 aliphatic rings. The summed E-state index contributed by atoms with van der Waals surface area (Å²) < 4.78 is 20.1. The van der Waals surface area contributed by atoms with Gasteiger partial charge in [0.15, 0.2) is 12.0 Å². The molecule has 1 aromatic heterocycles. The third-order valence-corrected chi connectivity index (χ3v) is 6.56. The molecule has 1 heterocycles. The Morgan fingerprint density at radius 2 is 1.48 bits per heavy atom. The van der Waals surface area contributed by atoms with Crippen LogP contribution in [0.2, 0.25) is 0 Å². The van der Waals surface area contributed by atoms with Crippen LogP contribution in [0.5, 0.6) is 5.75 Å².